The third kappa shape index (κ3) is 3.86. The van der Waals surface area contributed by atoms with Crippen LogP contribution in [0.4, 0.5) is 5.13 Å². The minimum absolute atomic E-state index is 0.0300. The van der Waals surface area contributed by atoms with Crippen molar-refractivity contribution >= 4 is 33.7 Å². The summed E-state index contributed by atoms with van der Waals surface area (Å²) in [6.45, 7) is 4.57. The molecule has 1 amide bonds. The number of likely N-dealkylation sites (N-methyl/N-ethyl adjacent to an activating group) is 1. The van der Waals surface area contributed by atoms with Crippen molar-refractivity contribution in [3.63, 3.8) is 0 Å². The molecule has 0 fully saturated rings. The van der Waals surface area contributed by atoms with Gasteiger partial charge >= 0.3 is 0 Å². The number of thiazole rings is 1. The van der Waals surface area contributed by atoms with Crippen molar-refractivity contribution in [2.75, 3.05) is 18.9 Å². The molecule has 0 radical (unpaired) electrons. The van der Waals surface area contributed by atoms with Gasteiger partial charge in [0.15, 0.2) is 5.13 Å². The number of rotatable bonds is 5. The Kier molecular flexibility index (Phi) is 4.68. The van der Waals surface area contributed by atoms with Crippen LogP contribution < -0.4 is 5.32 Å². The number of hydrogen-bond acceptors (Lipinski definition) is 5. The number of amides is 1. The van der Waals surface area contributed by atoms with Crippen molar-refractivity contribution in [3.05, 3.63) is 33.5 Å². The number of hydrogen-bond donors (Lipinski definition) is 1. The lowest BCUT2D eigenvalue weighted by Crippen LogP contribution is -2.31. The number of carbonyl (C=O) groups is 1. The molecule has 102 valence electrons. The summed E-state index contributed by atoms with van der Waals surface area (Å²) < 4.78 is 0. The van der Waals surface area contributed by atoms with Gasteiger partial charge in [0.25, 0.3) is 0 Å². The average Bonchev–Trinajstić information content (AvgIpc) is 2.99. The molecule has 0 spiro atoms. The zero-order chi connectivity index (χ0) is 13.8. The first-order valence-corrected chi connectivity index (χ1v) is 7.72. The molecule has 6 heteroatoms. The number of nitrogens with zero attached hydrogens (tertiary/aromatic N) is 2. The van der Waals surface area contributed by atoms with Gasteiger partial charge in [-0.1, -0.05) is 0 Å². The van der Waals surface area contributed by atoms with Crippen LogP contribution in [-0.2, 0) is 4.79 Å². The molecule has 1 atom stereocenters. The van der Waals surface area contributed by atoms with Gasteiger partial charge in [-0.25, -0.2) is 4.98 Å². The van der Waals surface area contributed by atoms with Gasteiger partial charge in [-0.05, 0) is 33.0 Å². The van der Waals surface area contributed by atoms with Gasteiger partial charge in [0.1, 0.15) is 0 Å². The second-order valence-electron chi connectivity index (χ2n) is 4.42. The topological polar surface area (TPSA) is 45.2 Å². The van der Waals surface area contributed by atoms with Gasteiger partial charge in [-0.15, -0.1) is 22.7 Å². The molecule has 2 aromatic rings. The first-order valence-electron chi connectivity index (χ1n) is 6.02. The first kappa shape index (κ1) is 14.2. The molecule has 0 aliphatic rings. The van der Waals surface area contributed by atoms with Gasteiger partial charge < -0.3 is 5.32 Å². The van der Waals surface area contributed by atoms with Crippen LogP contribution in [-0.4, -0.2) is 29.4 Å². The van der Waals surface area contributed by atoms with Crippen molar-refractivity contribution in [2.24, 2.45) is 0 Å². The summed E-state index contributed by atoms with van der Waals surface area (Å²) in [7, 11) is 1.96. The Morgan fingerprint density at radius 2 is 2.32 bits per heavy atom. The molecule has 2 heterocycles. The lowest BCUT2D eigenvalue weighted by atomic mass is 10.2. The van der Waals surface area contributed by atoms with Gasteiger partial charge in [0, 0.05) is 27.4 Å². The molecule has 19 heavy (non-hydrogen) atoms. The molecular formula is C13H17N3OS2. The summed E-state index contributed by atoms with van der Waals surface area (Å²) in [5.74, 6) is -0.0300. The molecule has 1 N–H and O–H groups in total. The van der Waals surface area contributed by atoms with Gasteiger partial charge in [-0.2, -0.15) is 0 Å². The zero-order valence-electron chi connectivity index (χ0n) is 11.2. The molecule has 0 aliphatic carbocycles. The maximum absolute atomic E-state index is 11.9. The van der Waals surface area contributed by atoms with E-state index in [0.29, 0.717) is 11.7 Å². The largest absolute Gasteiger partial charge is 0.301 e. The molecule has 0 aliphatic heterocycles. The summed E-state index contributed by atoms with van der Waals surface area (Å²) in [4.78, 5) is 20.5. The minimum Gasteiger partial charge on any atom is -0.301 e. The molecule has 4 nitrogen and oxygen atoms in total. The second kappa shape index (κ2) is 6.27. The highest BCUT2D eigenvalue weighted by molar-refractivity contribution is 7.13. The highest BCUT2D eigenvalue weighted by atomic mass is 32.1. The van der Waals surface area contributed by atoms with Crippen molar-refractivity contribution in [1.82, 2.24) is 9.88 Å². The highest BCUT2D eigenvalue weighted by Crippen LogP contribution is 2.26. The summed E-state index contributed by atoms with van der Waals surface area (Å²) in [6.07, 6.45) is 1.68. The number of carbonyl (C=O) groups excluding carboxylic acids is 1. The van der Waals surface area contributed by atoms with Crippen molar-refractivity contribution in [3.8, 4) is 0 Å². The third-order valence-corrected chi connectivity index (χ3v) is 4.77. The van der Waals surface area contributed by atoms with E-state index in [1.54, 1.807) is 17.5 Å². The monoisotopic (exact) mass is 295 g/mol. The van der Waals surface area contributed by atoms with Crippen molar-refractivity contribution in [1.29, 1.82) is 0 Å². The Morgan fingerprint density at radius 1 is 1.53 bits per heavy atom. The first-order chi connectivity index (χ1) is 9.06. The molecular weight excluding hydrogens is 278 g/mol. The fourth-order valence-corrected chi connectivity index (χ4v) is 3.24. The minimum atomic E-state index is -0.0300. The Morgan fingerprint density at radius 3 is 2.89 bits per heavy atom. The van der Waals surface area contributed by atoms with Crippen molar-refractivity contribution in [2.45, 2.75) is 19.9 Å². The molecule has 0 aromatic carbocycles. The predicted octanol–water partition coefficient (Wildman–Crippen LogP) is 3.14. The van der Waals surface area contributed by atoms with Gasteiger partial charge in [0.2, 0.25) is 5.91 Å². The van der Waals surface area contributed by atoms with E-state index in [0.717, 1.165) is 0 Å². The second-order valence-corrected chi connectivity index (χ2v) is 6.64. The number of thiophene rings is 1. The van der Waals surface area contributed by atoms with Crippen LogP contribution in [0.1, 0.15) is 22.7 Å². The van der Waals surface area contributed by atoms with E-state index in [2.05, 4.69) is 36.3 Å². The van der Waals surface area contributed by atoms with Crippen LogP contribution in [0.3, 0.4) is 0 Å². The average molecular weight is 295 g/mol. The van der Waals surface area contributed by atoms with E-state index in [9.17, 15) is 4.79 Å². The van der Waals surface area contributed by atoms with E-state index >= 15 is 0 Å². The lowest BCUT2D eigenvalue weighted by molar-refractivity contribution is -0.117. The Hall–Kier alpha value is -1.24. The molecule has 2 rings (SSSR count). The number of aromatic nitrogens is 1. The third-order valence-electron chi connectivity index (χ3n) is 2.91. The van der Waals surface area contributed by atoms with Crippen LogP contribution >= 0.6 is 22.7 Å². The van der Waals surface area contributed by atoms with Crippen LogP contribution in [0.25, 0.3) is 0 Å². The molecule has 0 saturated carbocycles. The molecule has 2 aromatic heterocycles. The Balaban J connectivity index is 1.89. The normalized spacial score (nSPS) is 12.6. The zero-order valence-corrected chi connectivity index (χ0v) is 12.8. The fourth-order valence-electron chi connectivity index (χ4n) is 1.70. The number of nitrogens with one attached hydrogen (secondary N) is 1. The van der Waals surface area contributed by atoms with Crippen LogP contribution in [0, 0.1) is 6.92 Å². The molecule has 0 bridgehead atoms. The Labute approximate surface area is 121 Å². The van der Waals surface area contributed by atoms with Gasteiger partial charge in [0.05, 0.1) is 6.54 Å². The highest BCUT2D eigenvalue weighted by Gasteiger charge is 2.16. The standard InChI is InChI=1S/C13H17N3OS2/c1-9-4-5-11(19-9)10(2)16(3)8-12(17)15-13-14-6-7-18-13/h4-7,10H,8H2,1-3H3,(H,14,15,17). The fraction of sp³-hybridized carbons (Fsp3) is 0.385. The van der Waals surface area contributed by atoms with E-state index in [1.807, 2.05) is 17.3 Å². The SMILES string of the molecule is Cc1ccc(C(C)N(C)CC(=O)Nc2nccs2)s1. The summed E-state index contributed by atoms with van der Waals surface area (Å²) >= 11 is 3.20. The summed E-state index contributed by atoms with van der Waals surface area (Å²) in [5.41, 5.74) is 0. The van der Waals surface area contributed by atoms with E-state index in [1.165, 1.54) is 21.1 Å². The maximum atomic E-state index is 11.9. The maximum Gasteiger partial charge on any atom is 0.240 e. The number of aryl methyl sites for hydroxylation is 1. The Bertz CT molecular complexity index is 536. The smallest absolute Gasteiger partial charge is 0.240 e. The van der Waals surface area contributed by atoms with E-state index in [-0.39, 0.29) is 11.9 Å². The summed E-state index contributed by atoms with van der Waals surface area (Å²) in [5, 5.41) is 5.29. The van der Waals surface area contributed by atoms with Gasteiger partial charge in [-0.3, -0.25) is 9.69 Å². The van der Waals surface area contributed by atoms with E-state index < -0.39 is 0 Å². The van der Waals surface area contributed by atoms with Crippen molar-refractivity contribution < 1.29 is 4.79 Å². The summed E-state index contributed by atoms with van der Waals surface area (Å²) in [6, 6.07) is 4.47. The lowest BCUT2D eigenvalue weighted by Gasteiger charge is -2.22. The van der Waals surface area contributed by atoms with Crippen LogP contribution in [0.5, 0.6) is 0 Å². The number of anilines is 1. The van der Waals surface area contributed by atoms with Crippen LogP contribution in [0.15, 0.2) is 23.7 Å². The molecule has 1 unspecified atom stereocenters. The van der Waals surface area contributed by atoms with E-state index in [4.69, 9.17) is 0 Å². The quantitative estimate of drug-likeness (QED) is 0.921. The predicted molar refractivity (Wildman–Crippen MR) is 80.8 cm³/mol. The molecule has 0 saturated heterocycles. The van der Waals surface area contributed by atoms with Crippen LogP contribution in [0.2, 0.25) is 0 Å².